The number of thiophene rings is 1. The number of halogens is 1. The van der Waals surface area contributed by atoms with E-state index in [1.54, 1.807) is 17.5 Å². The van der Waals surface area contributed by atoms with E-state index < -0.39 is 16.1 Å². The summed E-state index contributed by atoms with van der Waals surface area (Å²) in [5, 5.41) is 4.64. The molecule has 0 amide bonds. The molecule has 5 nitrogen and oxygen atoms in total. The molecular weight excluding hydrogens is 363 g/mol. The van der Waals surface area contributed by atoms with Crippen LogP contribution in [0.25, 0.3) is 0 Å². The first-order valence-electron chi connectivity index (χ1n) is 7.87. The van der Waals surface area contributed by atoms with Crippen LogP contribution in [0, 0.1) is 16.6 Å². The first kappa shape index (κ1) is 19.7. The summed E-state index contributed by atoms with van der Waals surface area (Å²) in [4.78, 5) is 11.8. The normalized spacial score (nSPS) is 13.4. The van der Waals surface area contributed by atoms with Crippen molar-refractivity contribution in [1.29, 1.82) is 0 Å². The molecule has 1 aromatic heterocycles. The van der Waals surface area contributed by atoms with Gasteiger partial charge in [-0.2, -0.15) is 4.91 Å². The van der Waals surface area contributed by atoms with Gasteiger partial charge in [0.05, 0.1) is 4.90 Å². The molecule has 1 atom stereocenters. The number of nitroso groups, excluding NO2 is 1. The van der Waals surface area contributed by atoms with Gasteiger partial charge < -0.3 is 0 Å². The van der Waals surface area contributed by atoms with Crippen LogP contribution in [0.2, 0.25) is 0 Å². The van der Waals surface area contributed by atoms with Crippen molar-refractivity contribution in [2.24, 2.45) is 11.1 Å². The average molecular weight is 384 g/mol. The second-order valence-electron chi connectivity index (χ2n) is 6.18. The summed E-state index contributed by atoms with van der Waals surface area (Å²) in [5.74, 6) is -0.318. The lowest BCUT2D eigenvalue weighted by Gasteiger charge is -2.16. The Bertz CT molecular complexity index is 817. The van der Waals surface area contributed by atoms with Crippen molar-refractivity contribution in [3.8, 4) is 0 Å². The van der Waals surface area contributed by atoms with Gasteiger partial charge in [-0.25, -0.2) is 17.1 Å². The standard InChI is InChI=1S/C17H21FN2O3S2/c1-12(2)17(19-21)16-10-15(11-24-16)25(22,23)20(3)9-8-13-4-6-14(18)7-5-13/h4-7,10-12,17H,8-9H2,1-3H3. The zero-order valence-electron chi connectivity index (χ0n) is 14.3. The van der Waals surface area contributed by atoms with Crippen LogP contribution in [-0.4, -0.2) is 26.3 Å². The van der Waals surface area contributed by atoms with Crippen molar-refractivity contribution in [1.82, 2.24) is 4.31 Å². The smallest absolute Gasteiger partial charge is 0.207 e. The van der Waals surface area contributed by atoms with Gasteiger partial charge in [0.1, 0.15) is 11.9 Å². The zero-order chi connectivity index (χ0) is 18.6. The Morgan fingerprint density at radius 3 is 2.44 bits per heavy atom. The van der Waals surface area contributed by atoms with Crippen LogP contribution in [0.1, 0.15) is 30.3 Å². The second kappa shape index (κ2) is 8.16. The fourth-order valence-corrected chi connectivity index (χ4v) is 5.01. The number of rotatable bonds is 8. The summed E-state index contributed by atoms with van der Waals surface area (Å²) in [7, 11) is -2.13. The van der Waals surface area contributed by atoms with Gasteiger partial charge in [0.2, 0.25) is 10.0 Å². The molecule has 0 radical (unpaired) electrons. The fourth-order valence-electron chi connectivity index (χ4n) is 2.36. The van der Waals surface area contributed by atoms with Gasteiger partial charge in [-0.05, 0) is 36.1 Å². The van der Waals surface area contributed by atoms with Crippen molar-refractivity contribution < 1.29 is 12.8 Å². The highest BCUT2D eigenvalue weighted by Gasteiger charge is 2.25. The molecule has 0 aliphatic heterocycles. The van der Waals surface area contributed by atoms with Crippen LogP contribution in [0.3, 0.4) is 0 Å². The molecule has 0 saturated heterocycles. The Kier molecular flexibility index (Phi) is 6.42. The van der Waals surface area contributed by atoms with Crippen molar-refractivity contribution in [3.05, 3.63) is 56.9 Å². The summed E-state index contributed by atoms with van der Waals surface area (Å²) in [6.45, 7) is 4.02. The Morgan fingerprint density at radius 2 is 1.88 bits per heavy atom. The first-order valence-corrected chi connectivity index (χ1v) is 10.2. The fraction of sp³-hybridized carbons (Fsp3) is 0.412. The van der Waals surface area contributed by atoms with Gasteiger partial charge in [-0.1, -0.05) is 31.2 Å². The highest BCUT2D eigenvalue weighted by molar-refractivity contribution is 7.89. The molecule has 0 saturated carbocycles. The van der Waals surface area contributed by atoms with Crippen LogP contribution >= 0.6 is 11.3 Å². The van der Waals surface area contributed by atoms with Crippen LogP contribution in [0.15, 0.2) is 45.8 Å². The third-order valence-electron chi connectivity index (χ3n) is 3.97. The average Bonchev–Trinajstić information content (AvgIpc) is 3.04. The summed E-state index contributed by atoms with van der Waals surface area (Å²) >= 11 is 1.23. The maximum Gasteiger partial charge on any atom is 0.243 e. The molecule has 2 rings (SSSR count). The Labute approximate surface area is 151 Å². The van der Waals surface area contributed by atoms with Crippen LogP contribution in [0.5, 0.6) is 0 Å². The summed E-state index contributed by atoms with van der Waals surface area (Å²) < 4.78 is 39.5. The number of sulfonamides is 1. The molecule has 0 aliphatic rings. The van der Waals surface area contributed by atoms with E-state index in [1.807, 2.05) is 13.8 Å². The van der Waals surface area contributed by atoms with E-state index in [1.165, 1.54) is 40.9 Å². The lowest BCUT2D eigenvalue weighted by atomic mass is 10.0. The lowest BCUT2D eigenvalue weighted by Crippen LogP contribution is -2.28. The minimum absolute atomic E-state index is 0.00269. The van der Waals surface area contributed by atoms with Crippen molar-refractivity contribution >= 4 is 21.4 Å². The van der Waals surface area contributed by atoms with Crippen molar-refractivity contribution in [3.63, 3.8) is 0 Å². The number of benzene rings is 1. The SMILES string of the molecule is CC(C)C(N=O)c1cc(S(=O)(=O)N(C)CCc2ccc(F)cc2)cs1. The van der Waals surface area contributed by atoms with Gasteiger partial charge >= 0.3 is 0 Å². The van der Waals surface area contributed by atoms with Crippen molar-refractivity contribution in [2.75, 3.05) is 13.6 Å². The third kappa shape index (κ3) is 4.71. The Balaban J connectivity index is 2.10. The third-order valence-corrected chi connectivity index (χ3v) is 6.96. The minimum Gasteiger partial charge on any atom is -0.207 e. The van der Waals surface area contributed by atoms with Crippen LogP contribution < -0.4 is 0 Å². The summed E-state index contributed by atoms with van der Waals surface area (Å²) in [6, 6.07) is 6.98. The quantitative estimate of drug-likeness (QED) is 0.640. The molecule has 136 valence electrons. The monoisotopic (exact) mass is 384 g/mol. The number of likely N-dealkylation sites (N-methyl/N-ethyl adjacent to an activating group) is 1. The molecule has 0 fully saturated rings. The van der Waals surface area contributed by atoms with Crippen LogP contribution in [0.4, 0.5) is 4.39 Å². The zero-order valence-corrected chi connectivity index (χ0v) is 16.0. The van der Waals surface area contributed by atoms with Gasteiger partial charge in [-0.15, -0.1) is 11.3 Å². The van der Waals surface area contributed by atoms with E-state index in [0.717, 1.165) is 5.56 Å². The Morgan fingerprint density at radius 1 is 1.24 bits per heavy atom. The van der Waals surface area contributed by atoms with E-state index in [9.17, 15) is 17.7 Å². The molecule has 0 spiro atoms. The molecule has 8 heteroatoms. The molecular formula is C17H21FN2O3S2. The number of hydrogen-bond donors (Lipinski definition) is 0. The summed E-state index contributed by atoms with van der Waals surface area (Å²) in [5.41, 5.74) is 0.861. The molecule has 1 heterocycles. The number of hydrogen-bond acceptors (Lipinski definition) is 5. The maximum absolute atomic E-state index is 12.9. The highest BCUT2D eigenvalue weighted by Crippen LogP contribution is 2.33. The largest absolute Gasteiger partial charge is 0.243 e. The van der Waals surface area contributed by atoms with Gasteiger partial charge in [0.15, 0.2) is 0 Å². The van der Waals surface area contributed by atoms with E-state index in [4.69, 9.17) is 0 Å². The van der Waals surface area contributed by atoms with E-state index in [-0.39, 0.29) is 23.2 Å². The van der Waals surface area contributed by atoms with Crippen LogP contribution in [-0.2, 0) is 16.4 Å². The molecule has 0 N–H and O–H groups in total. The molecule has 0 aliphatic carbocycles. The predicted octanol–water partition coefficient (Wildman–Crippen LogP) is 4.21. The number of nitrogens with zero attached hydrogens (tertiary/aromatic N) is 2. The Hall–Kier alpha value is -1.64. The molecule has 25 heavy (non-hydrogen) atoms. The minimum atomic E-state index is -3.64. The first-order chi connectivity index (χ1) is 11.8. The van der Waals surface area contributed by atoms with E-state index in [2.05, 4.69) is 5.18 Å². The second-order valence-corrected chi connectivity index (χ2v) is 9.17. The predicted molar refractivity (Wildman–Crippen MR) is 97.6 cm³/mol. The lowest BCUT2D eigenvalue weighted by molar-refractivity contribution is 0.472. The topological polar surface area (TPSA) is 66.8 Å². The molecule has 1 unspecified atom stereocenters. The van der Waals surface area contributed by atoms with Gasteiger partial charge in [-0.3, -0.25) is 0 Å². The van der Waals surface area contributed by atoms with E-state index in [0.29, 0.717) is 11.3 Å². The van der Waals surface area contributed by atoms with Crippen molar-refractivity contribution in [2.45, 2.75) is 31.2 Å². The molecule has 0 bridgehead atoms. The van der Waals surface area contributed by atoms with Gasteiger partial charge in [0.25, 0.3) is 0 Å². The molecule has 1 aromatic carbocycles. The molecule has 2 aromatic rings. The van der Waals surface area contributed by atoms with E-state index >= 15 is 0 Å². The summed E-state index contributed by atoms with van der Waals surface area (Å²) in [6.07, 6.45) is 0.484. The highest BCUT2D eigenvalue weighted by atomic mass is 32.2. The maximum atomic E-state index is 12.9. The van der Waals surface area contributed by atoms with Gasteiger partial charge in [0, 0.05) is 23.8 Å².